The smallest absolute Gasteiger partial charge is 0.330 e. The van der Waals surface area contributed by atoms with Crippen molar-refractivity contribution in [2.45, 2.75) is 81.1 Å². The molecule has 0 aliphatic rings. The highest BCUT2D eigenvalue weighted by Crippen LogP contribution is 2.53. The number of rotatable bonds is 12. The van der Waals surface area contributed by atoms with E-state index in [9.17, 15) is 9.59 Å². The van der Waals surface area contributed by atoms with Crippen LogP contribution in [0.15, 0.2) is 25.3 Å². The second-order valence-electron chi connectivity index (χ2n) is 10.1. The summed E-state index contributed by atoms with van der Waals surface area (Å²) in [5.41, 5.74) is -0.172. The molecule has 150 valence electrons. The van der Waals surface area contributed by atoms with Gasteiger partial charge in [0.1, 0.15) is 0 Å². The van der Waals surface area contributed by atoms with Gasteiger partial charge in [0.05, 0.1) is 6.61 Å². The molecule has 0 amide bonds. The van der Waals surface area contributed by atoms with Crippen LogP contribution in [0.25, 0.3) is 0 Å². The van der Waals surface area contributed by atoms with Crippen molar-refractivity contribution in [3.63, 3.8) is 0 Å². The van der Waals surface area contributed by atoms with Gasteiger partial charge in [-0.25, -0.2) is 4.79 Å². The molecule has 0 aromatic heterocycles. The Morgan fingerprint density at radius 3 is 1.81 bits per heavy atom. The topological polar surface area (TPSA) is 43.4 Å². The van der Waals surface area contributed by atoms with Gasteiger partial charge in [-0.15, -0.1) is 0 Å². The molecule has 0 rings (SSSR count). The standard InChI is InChI=1S/C23H40O3/c1-11-18(24)14-23(10,13-3)16-22(8,9)21(6,7)15-20(4,5)17-26-19(25)12-2/h11-12H,1-2,13-17H2,3-10H3. The molecule has 0 saturated heterocycles. The van der Waals surface area contributed by atoms with E-state index < -0.39 is 0 Å². The van der Waals surface area contributed by atoms with Gasteiger partial charge >= 0.3 is 5.97 Å². The molecule has 0 saturated carbocycles. The first-order valence-corrected chi connectivity index (χ1v) is 9.58. The van der Waals surface area contributed by atoms with E-state index in [1.807, 2.05) is 0 Å². The van der Waals surface area contributed by atoms with E-state index in [-0.39, 0.29) is 33.4 Å². The molecule has 0 N–H and O–H groups in total. The van der Waals surface area contributed by atoms with Gasteiger partial charge in [0, 0.05) is 12.5 Å². The van der Waals surface area contributed by atoms with E-state index in [0.29, 0.717) is 13.0 Å². The van der Waals surface area contributed by atoms with Gasteiger partial charge in [0.15, 0.2) is 5.78 Å². The molecule has 0 aromatic rings. The zero-order valence-electron chi connectivity index (χ0n) is 18.3. The number of carbonyl (C=O) groups is 2. The van der Waals surface area contributed by atoms with Gasteiger partial charge in [0.2, 0.25) is 0 Å². The van der Waals surface area contributed by atoms with Crippen LogP contribution >= 0.6 is 0 Å². The van der Waals surface area contributed by atoms with E-state index in [2.05, 4.69) is 68.5 Å². The summed E-state index contributed by atoms with van der Waals surface area (Å²) in [5.74, 6) is -0.267. The normalized spacial score (nSPS) is 15.1. The number of esters is 1. The summed E-state index contributed by atoms with van der Waals surface area (Å²) in [6.07, 6.45) is 5.98. The number of hydrogen-bond acceptors (Lipinski definition) is 3. The lowest BCUT2D eigenvalue weighted by Gasteiger charge is -2.49. The highest BCUT2D eigenvalue weighted by atomic mass is 16.5. The summed E-state index contributed by atoms with van der Waals surface area (Å²) in [6.45, 7) is 25.1. The van der Waals surface area contributed by atoms with Crippen LogP contribution in [-0.2, 0) is 14.3 Å². The maximum atomic E-state index is 12.0. The minimum absolute atomic E-state index is 0.00471. The van der Waals surface area contributed by atoms with Gasteiger partial charge in [-0.05, 0) is 40.6 Å². The first kappa shape index (κ1) is 24.6. The van der Waals surface area contributed by atoms with Crippen LogP contribution < -0.4 is 0 Å². The van der Waals surface area contributed by atoms with Gasteiger partial charge in [0.25, 0.3) is 0 Å². The Bertz CT molecular complexity index is 526. The molecular weight excluding hydrogens is 324 g/mol. The van der Waals surface area contributed by atoms with Crippen molar-refractivity contribution in [1.82, 2.24) is 0 Å². The predicted molar refractivity (Wildman–Crippen MR) is 110 cm³/mol. The van der Waals surface area contributed by atoms with Gasteiger partial charge in [-0.2, -0.15) is 0 Å². The Morgan fingerprint density at radius 1 is 0.885 bits per heavy atom. The number of allylic oxidation sites excluding steroid dienone is 1. The van der Waals surface area contributed by atoms with Crippen molar-refractivity contribution in [3.05, 3.63) is 25.3 Å². The van der Waals surface area contributed by atoms with Gasteiger partial charge < -0.3 is 4.74 Å². The Kier molecular flexibility index (Phi) is 8.53. The number of ketones is 1. The average Bonchev–Trinajstić information content (AvgIpc) is 2.50. The third-order valence-electron chi connectivity index (χ3n) is 6.08. The van der Waals surface area contributed by atoms with E-state index >= 15 is 0 Å². The van der Waals surface area contributed by atoms with Crippen LogP contribution in [0.4, 0.5) is 0 Å². The SMILES string of the molecule is C=CC(=O)CC(C)(CC)CC(C)(C)C(C)(C)CC(C)(C)COC(=O)C=C. The van der Waals surface area contributed by atoms with Crippen LogP contribution in [0.2, 0.25) is 0 Å². The average molecular weight is 365 g/mol. The molecule has 0 heterocycles. The molecule has 3 heteroatoms. The molecule has 0 bridgehead atoms. The predicted octanol–water partition coefficient (Wildman–Crippen LogP) is 6.14. The first-order valence-electron chi connectivity index (χ1n) is 9.58. The Balaban J connectivity index is 5.27. The molecule has 0 spiro atoms. The fourth-order valence-electron chi connectivity index (χ4n) is 3.92. The molecule has 0 aliphatic heterocycles. The maximum absolute atomic E-state index is 12.0. The van der Waals surface area contributed by atoms with Crippen molar-refractivity contribution >= 4 is 11.8 Å². The summed E-state index contributed by atoms with van der Waals surface area (Å²) in [4.78, 5) is 23.4. The van der Waals surface area contributed by atoms with E-state index in [4.69, 9.17) is 4.74 Å². The zero-order chi connectivity index (χ0) is 20.8. The second kappa shape index (κ2) is 9.01. The molecular formula is C23H40O3. The summed E-state index contributed by atoms with van der Waals surface area (Å²) >= 11 is 0. The molecule has 1 unspecified atom stereocenters. The third kappa shape index (κ3) is 7.47. The quantitative estimate of drug-likeness (QED) is 0.309. The minimum Gasteiger partial charge on any atom is -0.462 e. The third-order valence-corrected chi connectivity index (χ3v) is 6.08. The first-order chi connectivity index (χ1) is 11.6. The summed E-state index contributed by atoms with van der Waals surface area (Å²) < 4.78 is 5.29. The summed E-state index contributed by atoms with van der Waals surface area (Å²) in [5, 5.41) is 0. The molecule has 1 atom stereocenters. The maximum Gasteiger partial charge on any atom is 0.330 e. The fourth-order valence-corrected chi connectivity index (χ4v) is 3.92. The van der Waals surface area contributed by atoms with Crippen molar-refractivity contribution in [2.75, 3.05) is 6.61 Å². The number of ether oxygens (including phenoxy) is 1. The zero-order valence-corrected chi connectivity index (χ0v) is 18.3. The van der Waals surface area contributed by atoms with Crippen molar-refractivity contribution in [1.29, 1.82) is 0 Å². The van der Waals surface area contributed by atoms with Crippen LogP contribution in [0.1, 0.15) is 81.1 Å². The van der Waals surface area contributed by atoms with Crippen molar-refractivity contribution in [2.24, 2.45) is 21.7 Å². The lowest BCUT2D eigenvalue weighted by atomic mass is 9.56. The van der Waals surface area contributed by atoms with Gasteiger partial charge in [-0.1, -0.05) is 75.0 Å². The monoisotopic (exact) mass is 364 g/mol. The van der Waals surface area contributed by atoms with Gasteiger partial charge in [-0.3, -0.25) is 4.79 Å². The van der Waals surface area contributed by atoms with E-state index in [0.717, 1.165) is 19.3 Å². The molecule has 0 radical (unpaired) electrons. The largest absolute Gasteiger partial charge is 0.462 e. The van der Waals surface area contributed by atoms with E-state index in [1.54, 1.807) is 0 Å². The van der Waals surface area contributed by atoms with Crippen LogP contribution in [0.5, 0.6) is 0 Å². The summed E-state index contributed by atoms with van der Waals surface area (Å²) in [6, 6.07) is 0. The number of carbonyl (C=O) groups excluding carboxylic acids is 2. The highest BCUT2D eigenvalue weighted by molar-refractivity contribution is 5.89. The highest BCUT2D eigenvalue weighted by Gasteiger charge is 2.44. The Labute approximate surface area is 161 Å². The van der Waals surface area contributed by atoms with Crippen LogP contribution in [-0.4, -0.2) is 18.4 Å². The molecule has 0 aromatic carbocycles. The summed E-state index contributed by atoms with van der Waals surface area (Å²) in [7, 11) is 0. The lowest BCUT2D eigenvalue weighted by Crippen LogP contribution is -2.41. The fraction of sp³-hybridized carbons (Fsp3) is 0.739. The van der Waals surface area contributed by atoms with Crippen LogP contribution in [0, 0.1) is 21.7 Å². The molecule has 26 heavy (non-hydrogen) atoms. The molecule has 3 nitrogen and oxygen atoms in total. The van der Waals surface area contributed by atoms with Crippen molar-refractivity contribution in [3.8, 4) is 0 Å². The Hall–Kier alpha value is -1.38. The molecule has 0 aliphatic carbocycles. The van der Waals surface area contributed by atoms with E-state index in [1.165, 1.54) is 12.2 Å². The lowest BCUT2D eigenvalue weighted by molar-refractivity contribution is -0.141. The molecule has 0 fully saturated rings. The Morgan fingerprint density at radius 2 is 1.38 bits per heavy atom. The minimum atomic E-state index is -0.378. The van der Waals surface area contributed by atoms with Crippen LogP contribution in [0.3, 0.4) is 0 Å². The number of hydrogen-bond donors (Lipinski definition) is 0. The van der Waals surface area contributed by atoms with Crippen molar-refractivity contribution < 1.29 is 14.3 Å². The second-order valence-corrected chi connectivity index (χ2v) is 10.1.